The van der Waals surface area contributed by atoms with E-state index < -0.39 is 48.4 Å². The minimum Gasteiger partial charge on any atom is -0.390 e. The van der Waals surface area contributed by atoms with Crippen LogP contribution in [0.25, 0.3) is 0 Å². The number of pyridine rings is 1. The van der Waals surface area contributed by atoms with Gasteiger partial charge in [-0.25, -0.2) is 18.7 Å². The van der Waals surface area contributed by atoms with Crippen LogP contribution in [0, 0.1) is 11.8 Å². The van der Waals surface area contributed by atoms with E-state index in [2.05, 4.69) is 35.3 Å². The molecule has 1 saturated heterocycles. The Morgan fingerprint density at radius 2 is 1.86 bits per heavy atom. The topological polar surface area (TPSA) is 231 Å². The van der Waals surface area contributed by atoms with Gasteiger partial charge in [0, 0.05) is 30.4 Å². The molecule has 2 heterocycles. The maximum Gasteiger partial charge on any atom is 0.490 e. The molecule has 240 valence electrons. The minimum absolute atomic E-state index is 0.0733. The van der Waals surface area contributed by atoms with Crippen LogP contribution < -0.4 is 5.32 Å². The van der Waals surface area contributed by atoms with E-state index in [1.165, 1.54) is 21.6 Å². The van der Waals surface area contributed by atoms with E-state index in [9.17, 15) is 33.4 Å². The molecule has 5 unspecified atom stereocenters. The molecule has 0 radical (unpaired) electrons. The van der Waals surface area contributed by atoms with Crippen molar-refractivity contribution in [2.45, 2.75) is 36.2 Å². The van der Waals surface area contributed by atoms with Gasteiger partial charge in [-0.2, -0.15) is 8.62 Å². The molecule has 2 aliphatic rings. The summed E-state index contributed by atoms with van der Waals surface area (Å²) in [5.74, 6) is 6.34. The van der Waals surface area contributed by atoms with Crippen LogP contribution in [0.1, 0.15) is 12.8 Å². The van der Waals surface area contributed by atoms with E-state index in [0.717, 1.165) is 5.03 Å². The van der Waals surface area contributed by atoms with Gasteiger partial charge < -0.3 is 34.7 Å². The second-order valence-electron chi connectivity index (χ2n) is 8.76. The Morgan fingerprint density at radius 1 is 1.09 bits per heavy atom. The maximum atomic E-state index is 12.1. The van der Waals surface area contributed by atoms with Gasteiger partial charge in [-0.3, -0.25) is 9.32 Å². The first-order valence-corrected chi connectivity index (χ1v) is 19.4. The molecule has 44 heavy (non-hydrogen) atoms. The van der Waals surface area contributed by atoms with Crippen molar-refractivity contribution in [3.05, 3.63) is 72.0 Å². The fraction of sp³-hybridized carbons (Fsp3) is 0.333. The molecule has 6 N–H and O–H groups in total. The highest BCUT2D eigenvalue weighted by Crippen LogP contribution is 2.66. The zero-order chi connectivity index (χ0) is 32.2. The molecule has 20 heteroatoms. The highest BCUT2D eigenvalue weighted by molar-refractivity contribution is 8.76. The lowest BCUT2D eigenvalue weighted by Gasteiger charge is -2.19. The number of phosphoric acid groups is 3. The molecule has 1 aliphatic heterocycles. The van der Waals surface area contributed by atoms with E-state index in [4.69, 9.17) is 14.5 Å². The van der Waals surface area contributed by atoms with Gasteiger partial charge in [-0.1, -0.05) is 53.0 Å². The van der Waals surface area contributed by atoms with Crippen molar-refractivity contribution in [3.8, 4) is 11.8 Å². The van der Waals surface area contributed by atoms with Gasteiger partial charge in [0.2, 0.25) is 5.91 Å². The predicted octanol–water partition coefficient (Wildman–Crippen LogP) is 3.17. The molecule has 1 aromatic rings. The van der Waals surface area contributed by atoms with Gasteiger partial charge in [-0.05, 0) is 40.7 Å². The third kappa shape index (κ3) is 14.1. The Hall–Kier alpha value is -1.83. The molecule has 1 aliphatic carbocycles. The van der Waals surface area contributed by atoms with Gasteiger partial charge in [-0.15, -0.1) is 0 Å². The van der Waals surface area contributed by atoms with Crippen LogP contribution in [0.2, 0.25) is 0 Å². The number of amides is 1. The Kier molecular flexibility index (Phi) is 14.3. The SMILES string of the molecule is O=C(CCSSc1ccccn1)NCC#CC1=C/C=C\C=C(C2CC(O)C(COP(=O)(O)OP(=O)(O)OP(=O)(O)O)O2)/C=C\1. The lowest BCUT2D eigenvalue weighted by atomic mass is 10.0. The smallest absolute Gasteiger partial charge is 0.390 e. The zero-order valence-electron chi connectivity index (χ0n) is 22.6. The second-order valence-corrected chi connectivity index (χ2v) is 15.6. The third-order valence-corrected chi connectivity index (χ3v) is 11.4. The molecule has 0 bridgehead atoms. The molecule has 5 atom stereocenters. The summed E-state index contributed by atoms with van der Waals surface area (Å²) >= 11 is 0. The van der Waals surface area contributed by atoms with Gasteiger partial charge in [0.1, 0.15) is 11.1 Å². The summed E-state index contributed by atoms with van der Waals surface area (Å²) in [5.41, 5.74) is 1.26. The lowest BCUT2D eigenvalue weighted by Crippen LogP contribution is -2.26. The average Bonchev–Trinajstić information content (AvgIpc) is 3.27. The summed E-state index contributed by atoms with van der Waals surface area (Å²) in [6, 6.07) is 5.63. The monoisotopic (exact) mass is 710 g/mol. The highest BCUT2D eigenvalue weighted by atomic mass is 33.1. The number of hydrogen-bond acceptors (Lipinski definition) is 12. The van der Waals surface area contributed by atoms with Crippen LogP contribution in [-0.2, 0) is 36.4 Å². The van der Waals surface area contributed by atoms with Crippen molar-refractivity contribution in [1.82, 2.24) is 10.3 Å². The summed E-state index contributed by atoms with van der Waals surface area (Å²) in [7, 11) is -13.5. The third-order valence-electron chi connectivity index (χ3n) is 5.35. The molecular formula is C24H29N2O13P3S2. The minimum atomic E-state index is -5.66. The Bertz CT molecular complexity index is 1490. The molecule has 1 aromatic heterocycles. The Balaban J connectivity index is 1.43. The summed E-state index contributed by atoms with van der Waals surface area (Å²) in [6.45, 7) is -0.609. The quantitative estimate of drug-likeness (QED) is 0.0705. The summed E-state index contributed by atoms with van der Waals surface area (Å²) in [5, 5.41) is 14.0. The molecule has 0 spiro atoms. The molecule has 15 nitrogen and oxygen atoms in total. The van der Waals surface area contributed by atoms with E-state index in [1.807, 2.05) is 18.2 Å². The molecular weight excluding hydrogens is 681 g/mol. The second kappa shape index (κ2) is 17.2. The van der Waals surface area contributed by atoms with Crippen LogP contribution in [0.3, 0.4) is 0 Å². The first-order valence-electron chi connectivity index (χ1n) is 12.6. The summed E-state index contributed by atoms with van der Waals surface area (Å²) in [4.78, 5) is 52.3. The predicted molar refractivity (Wildman–Crippen MR) is 162 cm³/mol. The van der Waals surface area contributed by atoms with E-state index in [0.29, 0.717) is 23.3 Å². The number of allylic oxidation sites excluding steroid dienone is 6. The van der Waals surface area contributed by atoms with Crippen LogP contribution in [-0.4, -0.2) is 72.8 Å². The molecule has 1 amide bonds. The summed E-state index contributed by atoms with van der Waals surface area (Å²) < 4.78 is 51.8. The molecule has 3 rings (SSSR count). The van der Waals surface area contributed by atoms with Crippen molar-refractivity contribution < 1.29 is 61.1 Å². The number of aliphatic hydroxyl groups excluding tert-OH is 1. The van der Waals surface area contributed by atoms with Crippen LogP contribution in [0.15, 0.2) is 77.0 Å². The number of hydrogen-bond donors (Lipinski definition) is 6. The average molecular weight is 711 g/mol. The van der Waals surface area contributed by atoms with E-state index in [1.54, 1.807) is 42.7 Å². The van der Waals surface area contributed by atoms with Crippen LogP contribution in [0.5, 0.6) is 0 Å². The van der Waals surface area contributed by atoms with Crippen molar-refractivity contribution >= 4 is 51.0 Å². The number of phosphoric ester groups is 1. The maximum absolute atomic E-state index is 12.1. The first-order chi connectivity index (χ1) is 20.7. The number of rotatable bonds is 14. The van der Waals surface area contributed by atoms with Crippen molar-refractivity contribution in [1.29, 1.82) is 0 Å². The fourth-order valence-corrected chi connectivity index (χ4v) is 8.39. The van der Waals surface area contributed by atoms with Gasteiger partial charge in [0.15, 0.2) is 0 Å². The number of carbonyl (C=O) groups is 1. The molecule has 1 fully saturated rings. The number of aliphatic hydroxyl groups is 1. The molecule has 0 saturated carbocycles. The van der Waals surface area contributed by atoms with Crippen molar-refractivity contribution in [2.75, 3.05) is 18.9 Å². The normalized spacial score (nSPS) is 26.6. The van der Waals surface area contributed by atoms with Gasteiger partial charge in [0.25, 0.3) is 0 Å². The number of nitrogens with zero attached hydrogens (tertiary/aromatic N) is 1. The highest BCUT2D eigenvalue weighted by Gasteiger charge is 2.42. The van der Waals surface area contributed by atoms with E-state index in [-0.39, 0.29) is 18.9 Å². The largest absolute Gasteiger partial charge is 0.490 e. The number of aromatic nitrogens is 1. The van der Waals surface area contributed by atoms with Crippen LogP contribution in [0.4, 0.5) is 0 Å². The van der Waals surface area contributed by atoms with Crippen LogP contribution >= 0.6 is 45.1 Å². The van der Waals surface area contributed by atoms with Gasteiger partial charge >= 0.3 is 23.5 Å². The standard InChI is InChI=1S/C24H29N2O13P3S2/c27-20-16-21(37-22(20)17-36-41(32,33)39-42(34,35)38-40(29,30)31)19-8-2-1-6-18(10-11-19)7-5-14-25-23(28)12-15-43-44-24-9-3-4-13-26-24/h1-4,6,8-11,13,20-22,27H,12,14-17H2,(H,25,28)(H,32,33)(H,34,35)(H2,29,30,31)/b2-1-,6-1?,8-2?,11-10-,18-6-,18-10?,19-8+,19-11?. The Morgan fingerprint density at radius 3 is 2.59 bits per heavy atom. The lowest BCUT2D eigenvalue weighted by molar-refractivity contribution is -0.120. The first kappa shape index (κ1) is 36.6. The fourth-order valence-electron chi connectivity index (χ4n) is 3.50. The number of nitrogens with one attached hydrogen (secondary N) is 1. The number of carbonyl (C=O) groups excluding carboxylic acids is 1. The van der Waals surface area contributed by atoms with Crippen molar-refractivity contribution in [2.24, 2.45) is 0 Å². The van der Waals surface area contributed by atoms with Crippen molar-refractivity contribution in [3.63, 3.8) is 0 Å². The zero-order valence-corrected chi connectivity index (χ0v) is 27.0. The van der Waals surface area contributed by atoms with Gasteiger partial charge in [0.05, 0.1) is 25.4 Å². The molecule has 0 aromatic carbocycles. The Labute approximate surface area is 260 Å². The van der Waals surface area contributed by atoms with E-state index >= 15 is 0 Å². The number of ether oxygens (including phenoxy) is 1. The summed E-state index contributed by atoms with van der Waals surface area (Å²) in [6.07, 6.45) is 9.50.